The lowest BCUT2D eigenvalue weighted by Crippen LogP contribution is -2.35. The second-order valence-electron chi connectivity index (χ2n) is 6.16. The number of rotatable bonds is 13. The van der Waals surface area contributed by atoms with Crippen LogP contribution in [0.2, 0.25) is 0 Å². The highest BCUT2D eigenvalue weighted by Gasteiger charge is 2.13. The Kier molecular flexibility index (Phi) is 12.7. The molecule has 0 aromatic rings. The SMILES string of the molecule is CCCCCCCCCCCC(=O)N(C)CC(C)C(N)=S. The molecule has 0 aliphatic heterocycles. The largest absolute Gasteiger partial charge is 0.393 e. The van der Waals surface area contributed by atoms with Crippen molar-refractivity contribution in [2.75, 3.05) is 13.6 Å². The first-order valence-electron chi connectivity index (χ1n) is 8.52. The molecule has 0 saturated carbocycles. The van der Waals surface area contributed by atoms with Gasteiger partial charge in [0.05, 0.1) is 4.99 Å². The van der Waals surface area contributed by atoms with E-state index in [-0.39, 0.29) is 11.8 Å². The summed E-state index contributed by atoms with van der Waals surface area (Å²) in [6, 6.07) is 0. The molecule has 0 aliphatic rings. The quantitative estimate of drug-likeness (QED) is 0.407. The summed E-state index contributed by atoms with van der Waals surface area (Å²) in [6.45, 7) is 4.84. The van der Waals surface area contributed by atoms with Crippen LogP contribution < -0.4 is 5.73 Å². The highest BCUT2D eigenvalue weighted by atomic mass is 32.1. The van der Waals surface area contributed by atoms with E-state index in [0.717, 1.165) is 12.8 Å². The van der Waals surface area contributed by atoms with Gasteiger partial charge in [0.1, 0.15) is 0 Å². The first-order valence-corrected chi connectivity index (χ1v) is 8.93. The van der Waals surface area contributed by atoms with Crippen LogP contribution in [0.1, 0.15) is 78.1 Å². The predicted molar refractivity (Wildman–Crippen MR) is 95.4 cm³/mol. The van der Waals surface area contributed by atoms with Crippen molar-refractivity contribution < 1.29 is 4.79 Å². The Bertz CT molecular complexity index is 295. The Morgan fingerprint density at radius 2 is 1.52 bits per heavy atom. The molecular weight excluding hydrogens is 280 g/mol. The molecule has 2 N–H and O–H groups in total. The zero-order chi connectivity index (χ0) is 16.1. The van der Waals surface area contributed by atoms with E-state index in [0.29, 0.717) is 18.0 Å². The molecule has 124 valence electrons. The van der Waals surface area contributed by atoms with Gasteiger partial charge in [-0.05, 0) is 6.42 Å². The molecule has 0 radical (unpaired) electrons. The van der Waals surface area contributed by atoms with Crippen LogP contribution in [0.4, 0.5) is 0 Å². The molecule has 0 spiro atoms. The third kappa shape index (κ3) is 11.7. The number of hydrogen-bond acceptors (Lipinski definition) is 2. The van der Waals surface area contributed by atoms with Crippen LogP contribution in [-0.2, 0) is 4.79 Å². The smallest absolute Gasteiger partial charge is 0.222 e. The van der Waals surface area contributed by atoms with E-state index in [4.69, 9.17) is 18.0 Å². The molecule has 21 heavy (non-hydrogen) atoms. The zero-order valence-electron chi connectivity index (χ0n) is 14.2. The van der Waals surface area contributed by atoms with E-state index in [1.165, 1.54) is 44.9 Å². The molecule has 0 aromatic heterocycles. The van der Waals surface area contributed by atoms with E-state index in [1.54, 1.807) is 4.90 Å². The van der Waals surface area contributed by atoms with Gasteiger partial charge in [0.2, 0.25) is 5.91 Å². The molecule has 4 heteroatoms. The van der Waals surface area contributed by atoms with Crippen molar-refractivity contribution in [2.45, 2.75) is 78.1 Å². The molecule has 0 bridgehead atoms. The molecule has 0 fully saturated rings. The number of carbonyl (C=O) groups is 1. The van der Waals surface area contributed by atoms with E-state index >= 15 is 0 Å². The maximum Gasteiger partial charge on any atom is 0.222 e. The van der Waals surface area contributed by atoms with Crippen LogP contribution in [-0.4, -0.2) is 29.4 Å². The summed E-state index contributed by atoms with van der Waals surface area (Å²) in [4.78, 5) is 14.2. The Balaban J connectivity index is 3.50. The minimum atomic E-state index is 0.0945. The Morgan fingerprint density at radius 1 is 1.05 bits per heavy atom. The van der Waals surface area contributed by atoms with Crippen LogP contribution in [0, 0.1) is 5.92 Å². The van der Waals surface area contributed by atoms with Crippen LogP contribution in [0.3, 0.4) is 0 Å². The summed E-state index contributed by atoms with van der Waals surface area (Å²) in [5.74, 6) is 0.304. The molecule has 0 heterocycles. The summed E-state index contributed by atoms with van der Waals surface area (Å²) in [5, 5.41) is 0. The summed E-state index contributed by atoms with van der Waals surface area (Å²) in [5.41, 5.74) is 5.58. The lowest BCUT2D eigenvalue weighted by atomic mass is 10.1. The van der Waals surface area contributed by atoms with E-state index in [2.05, 4.69) is 6.92 Å². The number of carbonyl (C=O) groups excluding carboxylic acids is 1. The fraction of sp³-hybridized carbons (Fsp3) is 0.882. The topological polar surface area (TPSA) is 46.3 Å². The molecule has 0 rings (SSSR count). The lowest BCUT2D eigenvalue weighted by molar-refractivity contribution is -0.130. The van der Waals surface area contributed by atoms with Gasteiger partial charge in [-0.15, -0.1) is 0 Å². The summed E-state index contributed by atoms with van der Waals surface area (Å²) >= 11 is 4.94. The van der Waals surface area contributed by atoms with Crippen molar-refractivity contribution >= 4 is 23.1 Å². The first kappa shape index (κ1) is 20.4. The summed E-state index contributed by atoms with van der Waals surface area (Å²) in [7, 11) is 1.84. The number of nitrogens with two attached hydrogens (primary N) is 1. The van der Waals surface area contributed by atoms with Crippen LogP contribution >= 0.6 is 12.2 Å². The van der Waals surface area contributed by atoms with Gasteiger partial charge in [-0.1, -0.05) is 77.4 Å². The van der Waals surface area contributed by atoms with Crippen molar-refractivity contribution in [3.63, 3.8) is 0 Å². The molecule has 1 unspecified atom stereocenters. The maximum atomic E-state index is 12.0. The minimum absolute atomic E-state index is 0.0945. The second kappa shape index (κ2) is 13.1. The molecule has 0 aromatic carbocycles. The summed E-state index contributed by atoms with van der Waals surface area (Å²) in [6.07, 6.45) is 12.1. The van der Waals surface area contributed by atoms with Gasteiger partial charge in [0.25, 0.3) is 0 Å². The van der Waals surface area contributed by atoms with Crippen molar-refractivity contribution in [1.29, 1.82) is 0 Å². The Labute approximate surface area is 136 Å². The average molecular weight is 315 g/mol. The minimum Gasteiger partial charge on any atom is -0.393 e. The standard InChI is InChI=1S/C17H34N2OS/c1-4-5-6-7-8-9-10-11-12-13-16(20)19(3)14-15(2)17(18)21/h15H,4-14H2,1-3H3,(H2,18,21). The molecule has 0 aliphatic carbocycles. The summed E-state index contributed by atoms with van der Waals surface area (Å²) < 4.78 is 0. The first-order chi connectivity index (χ1) is 9.99. The molecule has 1 amide bonds. The zero-order valence-corrected chi connectivity index (χ0v) is 15.0. The lowest BCUT2D eigenvalue weighted by Gasteiger charge is -2.20. The number of hydrogen-bond donors (Lipinski definition) is 1. The van der Waals surface area contributed by atoms with Gasteiger partial charge >= 0.3 is 0 Å². The van der Waals surface area contributed by atoms with Crippen molar-refractivity contribution in [1.82, 2.24) is 4.90 Å². The second-order valence-corrected chi connectivity index (χ2v) is 6.63. The maximum absolute atomic E-state index is 12.0. The van der Waals surface area contributed by atoms with E-state index < -0.39 is 0 Å². The molecular formula is C17H34N2OS. The molecule has 1 atom stereocenters. The van der Waals surface area contributed by atoms with Gasteiger partial charge in [-0.3, -0.25) is 4.79 Å². The fourth-order valence-corrected chi connectivity index (χ4v) is 2.45. The number of thiocarbonyl (C=S) groups is 1. The molecule has 3 nitrogen and oxygen atoms in total. The average Bonchev–Trinajstić information content (AvgIpc) is 2.44. The number of nitrogens with zero attached hydrogens (tertiary/aromatic N) is 1. The van der Waals surface area contributed by atoms with E-state index in [9.17, 15) is 4.79 Å². The van der Waals surface area contributed by atoms with Crippen molar-refractivity contribution in [3.8, 4) is 0 Å². The normalized spacial score (nSPS) is 12.1. The fourth-order valence-electron chi connectivity index (χ4n) is 2.38. The Hall–Kier alpha value is -0.640. The van der Waals surface area contributed by atoms with Crippen molar-refractivity contribution in [2.24, 2.45) is 11.7 Å². The van der Waals surface area contributed by atoms with Crippen LogP contribution in [0.5, 0.6) is 0 Å². The third-order valence-corrected chi connectivity index (χ3v) is 4.36. The van der Waals surface area contributed by atoms with Gasteiger partial charge in [-0.25, -0.2) is 0 Å². The number of amides is 1. The van der Waals surface area contributed by atoms with Gasteiger partial charge in [-0.2, -0.15) is 0 Å². The van der Waals surface area contributed by atoms with Crippen LogP contribution in [0.15, 0.2) is 0 Å². The number of unbranched alkanes of at least 4 members (excludes halogenated alkanes) is 8. The predicted octanol–water partition coefficient (Wildman–Crippen LogP) is 4.29. The highest BCUT2D eigenvalue weighted by Crippen LogP contribution is 2.11. The van der Waals surface area contributed by atoms with Gasteiger partial charge < -0.3 is 10.6 Å². The van der Waals surface area contributed by atoms with E-state index in [1.807, 2.05) is 14.0 Å². The van der Waals surface area contributed by atoms with Crippen molar-refractivity contribution in [3.05, 3.63) is 0 Å². The monoisotopic (exact) mass is 314 g/mol. The molecule has 0 saturated heterocycles. The highest BCUT2D eigenvalue weighted by molar-refractivity contribution is 7.80. The Morgan fingerprint density at radius 3 is 2.00 bits per heavy atom. The van der Waals surface area contributed by atoms with Gasteiger partial charge in [0, 0.05) is 25.9 Å². The van der Waals surface area contributed by atoms with Gasteiger partial charge in [0.15, 0.2) is 0 Å². The third-order valence-electron chi connectivity index (χ3n) is 3.95. The van der Waals surface area contributed by atoms with Crippen LogP contribution in [0.25, 0.3) is 0 Å².